The van der Waals surface area contributed by atoms with Crippen LogP contribution < -0.4 is 34.9 Å². The van der Waals surface area contributed by atoms with Crippen molar-refractivity contribution >= 4 is 16.3 Å². The molecule has 4 unspecified atom stereocenters. The van der Waals surface area contributed by atoms with Crippen molar-refractivity contribution in [3.63, 3.8) is 0 Å². The van der Waals surface area contributed by atoms with E-state index in [4.69, 9.17) is 27.0 Å². The Morgan fingerprint density at radius 3 is 1.88 bits per heavy atom. The van der Waals surface area contributed by atoms with Gasteiger partial charge in [0.05, 0.1) is 31.5 Å². The minimum atomic E-state index is -4.92. The zero-order valence-electron chi connectivity index (χ0n) is 32.0. The summed E-state index contributed by atoms with van der Waals surface area (Å²) in [6, 6.07) is -0.940. The third-order valence-corrected chi connectivity index (χ3v) is 8.61. The van der Waals surface area contributed by atoms with E-state index in [1.807, 2.05) is 12.2 Å². The van der Waals surface area contributed by atoms with Crippen LogP contribution in [0.15, 0.2) is 24.3 Å². The summed E-state index contributed by atoms with van der Waals surface area (Å²) >= 11 is 0. The van der Waals surface area contributed by atoms with Gasteiger partial charge in [0.25, 0.3) is 0 Å². The number of nitrogens with one attached hydrogen (secondary N) is 1. The van der Waals surface area contributed by atoms with Gasteiger partial charge >= 0.3 is 29.6 Å². The predicted octanol–water partition coefficient (Wildman–Crippen LogP) is 1.82. The first-order chi connectivity index (χ1) is 24.3. The molecule has 0 bridgehead atoms. The molecule has 0 aliphatic carbocycles. The van der Waals surface area contributed by atoms with E-state index in [0.717, 1.165) is 32.1 Å². The molecule has 1 amide bonds. The van der Waals surface area contributed by atoms with Gasteiger partial charge in [-0.1, -0.05) is 128 Å². The van der Waals surface area contributed by atoms with Crippen LogP contribution in [0.4, 0.5) is 0 Å². The summed E-state index contributed by atoms with van der Waals surface area (Å²) in [4.78, 5) is 12.8. The minimum absolute atomic E-state index is 0. The summed E-state index contributed by atoms with van der Waals surface area (Å²) < 4.78 is 44.0. The molecular weight excluding hydrogens is 705 g/mol. The van der Waals surface area contributed by atoms with Crippen LogP contribution in [0.3, 0.4) is 0 Å². The number of amides is 1. The Kier molecular flexibility index (Phi) is 36.1. The number of aliphatic hydroxyl groups is 5. The number of unbranched alkanes of at least 4 members (excludes halogenated alkanes) is 14. The van der Waals surface area contributed by atoms with Crippen molar-refractivity contribution in [1.82, 2.24) is 5.32 Å². The molecule has 7 atom stereocenters. The minimum Gasteiger partial charge on any atom is -0.726 e. The van der Waals surface area contributed by atoms with Gasteiger partial charge in [-0.05, 0) is 44.3 Å². The third-order valence-electron chi connectivity index (χ3n) is 8.61. The van der Waals surface area contributed by atoms with Crippen molar-refractivity contribution in [2.45, 2.75) is 185 Å². The summed E-state index contributed by atoms with van der Waals surface area (Å²) in [5.41, 5.74) is 0. The molecule has 0 aromatic heterocycles. The van der Waals surface area contributed by atoms with Crippen LogP contribution in [0.1, 0.15) is 142 Å². The van der Waals surface area contributed by atoms with Crippen molar-refractivity contribution in [2.75, 3.05) is 13.2 Å². The summed E-state index contributed by atoms with van der Waals surface area (Å²) in [6.07, 6.45) is 23.8. The van der Waals surface area contributed by atoms with Gasteiger partial charge in [-0.3, -0.25) is 15.8 Å². The number of carbonyl (C=O) groups excluding carboxylic acids is 1. The average Bonchev–Trinajstić information content (AvgIpc) is 3.07. The number of rotatable bonds is 29. The van der Waals surface area contributed by atoms with E-state index in [-0.39, 0.29) is 48.5 Å². The molecule has 52 heavy (non-hydrogen) atoms. The molecule has 1 heterocycles. The molecule has 1 aliphatic heterocycles. The van der Waals surface area contributed by atoms with Crippen LogP contribution in [0.5, 0.6) is 0 Å². The standard InChI is InChI=1S/C37H68NO8.Na.H2O4S/c1-3-5-7-9-11-13-15-16-17-19-21-23-25-31(40)36(44)30(29-45-37-33(42)27-32(41)34(28-39)46-37)38-35(43)26-24-22-20-18-14-12-10-8-6-4-2;;1-5(2,3)4/h12,14,20,22,27,30-34,36-37,39-42,44H,3-11,13,15-19,21,23-26,28-29H2,1-2H3,(H,38,43);;(H2,1,2,3,4)/q-1;+1;/p-1/b14-12-,22-20-;;/t30-,31+,32?,33?,34?,36-,37?;;/m0../s1. The van der Waals surface area contributed by atoms with E-state index in [1.165, 1.54) is 83.5 Å². The molecule has 7 N–H and O–H groups in total. The molecule has 1 aliphatic rings. The van der Waals surface area contributed by atoms with Gasteiger partial charge in [0, 0.05) is 6.42 Å². The monoisotopic (exact) mass is 774 g/mol. The molecule has 0 aromatic rings. The van der Waals surface area contributed by atoms with Crippen LogP contribution in [0.2, 0.25) is 0 Å². The quantitative estimate of drug-likeness (QED) is 0.0144. The topological polar surface area (TPSA) is 226 Å². The van der Waals surface area contributed by atoms with Gasteiger partial charge in [-0.2, -0.15) is 0 Å². The molecule has 1 fully saturated rings. The first kappa shape index (κ1) is 53.6. The smallest absolute Gasteiger partial charge is 0.726 e. The van der Waals surface area contributed by atoms with Gasteiger partial charge in [0.2, 0.25) is 16.3 Å². The molecular formula is C37H69NNaO12S-. The van der Waals surface area contributed by atoms with E-state index in [2.05, 4.69) is 31.3 Å². The fourth-order valence-corrected chi connectivity index (χ4v) is 5.61. The maximum Gasteiger partial charge on any atom is 1.00 e. The van der Waals surface area contributed by atoms with E-state index in [1.54, 1.807) is 0 Å². The molecule has 0 radical (unpaired) electrons. The maximum atomic E-state index is 12.8. The Balaban J connectivity index is 0. The molecule has 15 heteroatoms. The van der Waals surface area contributed by atoms with Crippen LogP contribution in [-0.2, 0) is 24.7 Å². The molecule has 0 saturated carbocycles. The summed E-state index contributed by atoms with van der Waals surface area (Å²) in [5, 5.41) is 54.3. The van der Waals surface area contributed by atoms with E-state index < -0.39 is 59.9 Å². The van der Waals surface area contributed by atoms with Crippen molar-refractivity contribution in [3.8, 4) is 0 Å². The first-order valence-corrected chi connectivity index (χ1v) is 20.4. The summed E-state index contributed by atoms with van der Waals surface area (Å²) in [7, 11) is -4.92. The van der Waals surface area contributed by atoms with Crippen molar-refractivity contribution in [1.29, 1.82) is 0 Å². The predicted molar refractivity (Wildman–Crippen MR) is 196 cm³/mol. The zero-order chi connectivity index (χ0) is 38.3. The number of allylic oxidation sites excluding steroid dienone is 4. The molecule has 0 aromatic carbocycles. The Labute approximate surface area is 335 Å². The fourth-order valence-electron chi connectivity index (χ4n) is 5.61. The number of aliphatic hydroxyl groups excluding tert-OH is 5. The van der Waals surface area contributed by atoms with Crippen molar-refractivity contribution < 1.29 is 86.9 Å². The van der Waals surface area contributed by atoms with E-state index in [0.29, 0.717) is 12.8 Å². The van der Waals surface area contributed by atoms with Crippen molar-refractivity contribution in [2.24, 2.45) is 0 Å². The van der Waals surface area contributed by atoms with E-state index in [9.17, 15) is 30.3 Å². The molecule has 13 nitrogen and oxygen atoms in total. The second-order valence-electron chi connectivity index (χ2n) is 13.3. The Morgan fingerprint density at radius 2 is 1.35 bits per heavy atom. The Bertz CT molecular complexity index is 995. The van der Waals surface area contributed by atoms with Crippen LogP contribution in [0.25, 0.3) is 0 Å². The molecule has 0 spiro atoms. The van der Waals surface area contributed by atoms with Crippen LogP contribution in [-0.4, -0.2) is 105 Å². The Morgan fingerprint density at radius 1 is 0.846 bits per heavy atom. The summed E-state index contributed by atoms with van der Waals surface area (Å²) in [6.45, 7) is 3.73. The Hall–Kier alpha value is -0.460. The molecule has 302 valence electrons. The number of carbonyl (C=O) groups is 1. The maximum absolute atomic E-state index is 12.8. The molecule has 1 saturated heterocycles. The van der Waals surface area contributed by atoms with Crippen molar-refractivity contribution in [3.05, 3.63) is 30.7 Å². The average molecular weight is 775 g/mol. The van der Waals surface area contributed by atoms with Gasteiger partial charge < -0.3 is 44.9 Å². The van der Waals surface area contributed by atoms with Gasteiger partial charge in [0.1, 0.15) is 6.10 Å². The third kappa shape index (κ3) is 31.8. The molecule has 1 rings (SSSR count). The number of ether oxygens (including phenoxy) is 2. The normalized spacial score (nSPS) is 20.9. The van der Waals surface area contributed by atoms with Crippen LogP contribution in [0, 0.1) is 6.42 Å². The first-order valence-electron chi connectivity index (χ1n) is 19.1. The van der Waals surface area contributed by atoms with Crippen LogP contribution >= 0.6 is 0 Å². The number of hydrogen-bond acceptors (Lipinski definition) is 11. The second kappa shape index (κ2) is 35.0. The zero-order valence-corrected chi connectivity index (χ0v) is 34.8. The fraction of sp³-hybridized carbons (Fsp3) is 0.838. The van der Waals surface area contributed by atoms with Gasteiger partial charge in [-0.25, -0.2) is 8.42 Å². The van der Waals surface area contributed by atoms with E-state index >= 15 is 0 Å². The van der Waals surface area contributed by atoms with Gasteiger partial charge in [-0.15, -0.1) is 0 Å². The number of hydrogen-bond donors (Lipinski definition) is 7. The second-order valence-corrected chi connectivity index (χ2v) is 14.1. The SMILES string of the molecule is CCCCC/C=C\C/C=C\CCC(=O)N[C@@H](COC1OC(CO)C(O)[CH-]C1O)[C@H](O)[C@H](O)CCCCCCCCCCCCCC.O=S(=O)([O-])O.[Na+]. The largest absolute Gasteiger partial charge is 1.00 e. The summed E-state index contributed by atoms with van der Waals surface area (Å²) in [5.74, 6) is -0.287. The van der Waals surface area contributed by atoms with Gasteiger partial charge in [0.15, 0.2) is 6.29 Å².